The van der Waals surface area contributed by atoms with Crippen LogP contribution in [0, 0.1) is 5.92 Å². The number of carbonyl (C=O) groups is 3. The number of halogens is 1. The molecule has 0 saturated carbocycles. The van der Waals surface area contributed by atoms with Gasteiger partial charge in [-0.25, -0.2) is 0 Å². The van der Waals surface area contributed by atoms with E-state index in [1.807, 2.05) is 13.8 Å². The molecule has 1 atom stereocenters. The van der Waals surface area contributed by atoms with Crippen LogP contribution in [0.4, 0.5) is 5.69 Å². The molecule has 0 saturated heterocycles. The van der Waals surface area contributed by atoms with Crippen molar-refractivity contribution in [3.8, 4) is 0 Å². The van der Waals surface area contributed by atoms with Gasteiger partial charge in [0.05, 0.1) is 0 Å². The predicted molar refractivity (Wildman–Crippen MR) is 106 cm³/mol. The van der Waals surface area contributed by atoms with Crippen LogP contribution in [0.5, 0.6) is 0 Å². The molecular weight excluding hydrogens is 366 g/mol. The Morgan fingerprint density at radius 1 is 0.963 bits per heavy atom. The molecule has 0 heterocycles. The lowest BCUT2D eigenvalue weighted by Crippen LogP contribution is -2.44. The van der Waals surface area contributed by atoms with E-state index in [9.17, 15) is 14.4 Å². The zero-order chi connectivity index (χ0) is 20.0. The number of benzene rings is 2. The highest BCUT2D eigenvalue weighted by atomic mass is 35.5. The number of carbonyl (C=O) groups excluding carboxylic acids is 3. The van der Waals surface area contributed by atoms with Gasteiger partial charge in [-0.3, -0.25) is 14.4 Å². The smallest absolute Gasteiger partial charge is 0.251 e. The molecule has 2 aromatic rings. The summed E-state index contributed by atoms with van der Waals surface area (Å²) in [4.78, 5) is 36.2. The maximum atomic E-state index is 12.6. The Hall–Kier alpha value is -2.86. The highest BCUT2D eigenvalue weighted by Crippen LogP contribution is 2.14. The van der Waals surface area contributed by atoms with Gasteiger partial charge in [0.15, 0.2) is 0 Å². The second-order valence-corrected chi connectivity index (χ2v) is 7.03. The number of nitrogens with two attached hydrogens (primary N) is 1. The third kappa shape index (κ3) is 6.11. The summed E-state index contributed by atoms with van der Waals surface area (Å²) >= 11 is 5.84. The first kappa shape index (κ1) is 20.5. The number of nitrogens with one attached hydrogen (secondary N) is 2. The highest BCUT2D eigenvalue weighted by Gasteiger charge is 2.22. The first-order valence-electron chi connectivity index (χ1n) is 8.53. The predicted octanol–water partition coefficient (Wildman–Crippen LogP) is 3.22. The maximum absolute atomic E-state index is 12.6. The third-order valence-corrected chi connectivity index (χ3v) is 4.12. The van der Waals surface area contributed by atoms with E-state index < -0.39 is 11.9 Å². The van der Waals surface area contributed by atoms with Gasteiger partial charge in [-0.2, -0.15) is 0 Å². The van der Waals surface area contributed by atoms with Crippen LogP contribution < -0.4 is 16.4 Å². The van der Waals surface area contributed by atoms with Crippen LogP contribution in [0.25, 0.3) is 0 Å². The van der Waals surface area contributed by atoms with Gasteiger partial charge in [-0.05, 0) is 60.9 Å². The molecule has 0 unspecified atom stereocenters. The van der Waals surface area contributed by atoms with Crippen LogP contribution in [0.2, 0.25) is 5.02 Å². The van der Waals surface area contributed by atoms with E-state index in [1.165, 1.54) is 12.1 Å². The van der Waals surface area contributed by atoms with Crippen molar-refractivity contribution in [2.24, 2.45) is 11.7 Å². The Morgan fingerprint density at radius 2 is 1.52 bits per heavy atom. The van der Waals surface area contributed by atoms with E-state index in [4.69, 9.17) is 17.3 Å². The van der Waals surface area contributed by atoms with Crippen molar-refractivity contribution in [3.05, 3.63) is 64.7 Å². The minimum Gasteiger partial charge on any atom is -0.366 e. The van der Waals surface area contributed by atoms with Gasteiger partial charge in [0.2, 0.25) is 11.8 Å². The number of hydrogen-bond acceptors (Lipinski definition) is 3. The molecule has 2 rings (SSSR count). The van der Waals surface area contributed by atoms with Crippen LogP contribution in [-0.4, -0.2) is 23.8 Å². The molecule has 4 N–H and O–H groups in total. The molecule has 3 amide bonds. The fraction of sp³-hybridized carbons (Fsp3) is 0.250. The summed E-state index contributed by atoms with van der Waals surface area (Å²) in [7, 11) is 0. The van der Waals surface area contributed by atoms with Crippen molar-refractivity contribution < 1.29 is 14.4 Å². The summed E-state index contributed by atoms with van der Waals surface area (Å²) < 4.78 is 0. The standard InChI is InChI=1S/C20H22ClN3O3/c1-12(2)11-17(24-19(26)14-3-7-15(21)8-4-14)20(27)23-16-9-5-13(6-10-16)18(22)25/h3-10,12,17H,11H2,1-2H3,(H2,22,25)(H,23,27)(H,24,26)/t17-/m1/s1. The Labute approximate surface area is 163 Å². The van der Waals surface area contributed by atoms with Crippen LogP contribution in [0.15, 0.2) is 48.5 Å². The molecule has 142 valence electrons. The van der Waals surface area contributed by atoms with E-state index in [2.05, 4.69) is 10.6 Å². The van der Waals surface area contributed by atoms with Crippen molar-refractivity contribution >= 4 is 35.0 Å². The van der Waals surface area contributed by atoms with E-state index in [0.29, 0.717) is 28.3 Å². The Balaban J connectivity index is 2.09. The Bertz CT molecular complexity index is 817. The Morgan fingerprint density at radius 3 is 2.04 bits per heavy atom. The average Bonchev–Trinajstić information content (AvgIpc) is 2.61. The van der Waals surface area contributed by atoms with Crippen molar-refractivity contribution in [3.63, 3.8) is 0 Å². The third-order valence-electron chi connectivity index (χ3n) is 3.87. The van der Waals surface area contributed by atoms with Crippen LogP contribution >= 0.6 is 11.6 Å². The SMILES string of the molecule is CC(C)C[C@@H](NC(=O)c1ccc(Cl)cc1)C(=O)Nc1ccc(C(N)=O)cc1. The second kappa shape index (κ2) is 9.19. The quantitative estimate of drug-likeness (QED) is 0.679. The van der Waals surface area contributed by atoms with E-state index in [0.717, 1.165) is 0 Å². The van der Waals surface area contributed by atoms with Crippen molar-refractivity contribution in [1.82, 2.24) is 5.32 Å². The molecule has 0 spiro atoms. The maximum Gasteiger partial charge on any atom is 0.251 e. The van der Waals surface area contributed by atoms with Crippen LogP contribution in [0.3, 0.4) is 0 Å². The average molecular weight is 388 g/mol. The van der Waals surface area contributed by atoms with Crippen LogP contribution in [-0.2, 0) is 4.79 Å². The largest absolute Gasteiger partial charge is 0.366 e. The van der Waals surface area contributed by atoms with E-state index in [1.54, 1.807) is 36.4 Å². The first-order chi connectivity index (χ1) is 12.8. The van der Waals surface area contributed by atoms with Gasteiger partial charge < -0.3 is 16.4 Å². The molecule has 6 nitrogen and oxygen atoms in total. The minimum absolute atomic E-state index is 0.198. The summed E-state index contributed by atoms with van der Waals surface area (Å²) in [6.07, 6.45) is 0.477. The molecule has 0 radical (unpaired) electrons. The summed E-state index contributed by atoms with van der Waals surface area (Å²) in [5.41, 5.74) is 6.49. The summed E-state index contributed by atoms with van der Waals surface area (Å²) in [6, 6.07) is 12.0. The lowest BCUT2D eigenvalue weighted by molar-refractivity contribution is -0.118. The number of hydrogen-bond donors (Lipinski definition) is 3. The van der Waals surface area contributed by atoms with Gasteiger partial charge >= 0.3 is 0 Å². The van der Waals surface area contributed by atoms with Gasteiger partial charge in [0.1, 0.15) is 6.04 Å². The number of primary amides is 1. The normalized spacial score (nSPS) is 11.7. The van der Waals surface area contributed by atoms with Gasteiger partial charge in [0.25, 0.3) is 5.91 Å². The molecule has 7 heteroatoms. The topological polar surface area (TPSA) is 101 Å². The summed E-state index contributed by atoms with van der Waals surface area (Å²) in [5.74, 6) is -1.03. The van der Waals surface area contributed by atoms with Crippen molar-refractivity contribution in [2.45, 2.75) is 26.3 Å². The molecule has 27 heavy (non-hydrogen) atoms. The first-order valence-corrected chi connectivity index (χ1v) is 8.91. The molecular formula is C20H22ClN3O3. The zero-order valence-electron chi connectivity index (χ0n) is 15.2. The summed E-state index contributed by atoms with van der Waals surface area (Å²) in [5, 5.41) is 6.05. The van der Waals surface area contributed by atoms with Gasteiger partial charge in [-0.15, -0.1) is 0 Å². The lowest BCUT2D eigenvalue weighted by atomic mass is 10.0. The number of anilines is 1. The van der Waals surface area contributed by atoms with E-state index >= 15 is 0 Å². The molecule has 0 aliphatic rings. The van der Waals surface area contributed by atoms with Gasteiger partial charge in [0, 0.05) is 21.8 Å². The second-order valence-electron chi connectivity index (χ2n) is 6.59. The van der Waals surface area contributed by atoms with Gasteiger partial charge in [-0.1, -0.05) is 25.4 Å². The number of amides is 3. The zero-order valence-corrected chi connectivity index (χ0v) is 15.9. The minimum atomic E-state index is -0.705. The van der Waals surface area contributed by atoms with Crippen LogP contribution in [0.1, 0.15) is 41.0 Å². The molecule has 0 aromatic heterocycles. The fourth-order valence-corrected chi connectivity index (χ4v) is 2.62. The molecule has 0 aliphatic heterocycles. The van der Waals surface area contributed by atoms with Crippen molar-refractivity contribution in [2.75, 3.05) is 5.32 Å². The van der Waals surface area contributed by atoms with Crippen molar-refractivity contribution in [1.29, 1.82) is 0 Å². The molecule has 0 bridgehead atoms. The fourth-order valence-electron chi connectivity index (χ4n) is 2.49. The lowest BCUT2D eigenvalue weighted by Gasteiger charge is -2.20. The molecule has 0 aliphatic carbocycles. The highest BCUT2D eigenvalue weighted by molar-refractivity contribution is 6.30. The Kier molecular flexibility index (Phi) is 6.96. The number of rotatable bonds is 7. The molecule has 0 fully saturated rings. The monoisotopic (exact) mass is 387 g/mol. The van der Waals surface area contributed by atoms with E-state index in [-0.39, 0.29) is 17.7 Å². The molecule has 2 aromatic carbocycles. The summed E-state index contributed by atoms with van der Waals surface area (Å²) in [6.45, 7) is 3.94.